The first-order valence-corrected chi connectivity index (χ1v) is 9.96. The molecule has 0 fully saturated rings. The van der Waals surface area contributed by atoms with Crippen molar-refractivity contribution in [3.63, 3.8) is 0 Å². The van der Waals surface area contributed by atoms with Crippen LogP contribution >= 0.6 is 23.2 Å². The maximum atomic E-state index is 12.4. The van der Waals surface area contributed by atoms with E-state index in [1.807, 2.05) is 24.3 Å². The number of hydrogen-bond acceptors (Lipinski definition) is 5. The summed E-state index contributed by atoms with van der Waals surface area (Å²) in [6, 6.07) is 19.3. The maximum absolute atomic E-state index is 12.4. The molecular formula is C23H15Cl2N3O4. The minimum absolute atomic E-state index is 0.176. The quantitative estimate of drug-likeness (QED) is 0.197. The standard InChI is InChI=1S/C23H15Cl2N3O4/c24-20-7-2-1-4-16(20)14-32-22-9-8-15(11-21(22)25)10-17(13-26)23(29)27-18-5-3-6-19(12-18)28(30)31/h1-12H,14H2,(H,27,29)/b17-10+. The Balaban J connectivity index is 1.73. The third-order valence-electron chi connectivity index (χ3n) is 4.29. The molecular weight excluding hydrogens is 453 g/mol. The van der Waals surface area contributed by atoms with Crippen LogP contribution in [-0.4, -0.2) is 10.8 Å². The summed E-state index contributed by atoms with van der Waals surface area (Å²) < 4.78 is 5.71. The molecule has 0 aromatic heterocycles. The lowest BCUT2D eigenvalue weighted by atomic mass is 10.1. The number of ether oxygens (including phenoxy) is 1. The van der Waals surface area contributed by atoms with E-state index in [-0.39, 0.29) is 23.6 Å². The van der Waals surface area contributed by atoms with Crippen LogP contribution in [0.25, 0.3) is 6.08 Å². The van der Waals surface area contributed by atoms with Gasteiger partial charge in [-0.2, -0.15) is 5.26 Å². The number of rotatable bonds is 7. The van der Waals surface area contributed by atoms with Crippen molar-refractivity contribution in [1.82, 2.24) is 0 Å². The number of nitro benzene ring substituents is 1. The van der Waals surface area contributed by atoms with Crippen molar-refractivity contribution in [2.75, 3.05) is 5.32 Å². The fourth-order valence-corrected chi connectivity index (χ4v) is 3.14. The second-order valence-electron chi connectivity index (χ2n) is 6.50. The highest BCUT2D eigenvalue weighted by atomic mass is 35.5. The molecule has 0 heterocycles. The molecule has 0 aliphatic heterocycles. The molecule has 32 heavy (non-hydrogen) atoms. The Morgan fingerprint density at radius 2 is 1.88 bits per heavy atom. The molecule has 3 aromatic carbocycles. The van der Waals surface area contributed by atoms with Crippen LogP contribution in [0.4, 0.5) is 11.4 Å². The second-order valence-corrected chi connectivity index (χ2v) is 7.32. The number of halogens is 2. The third kappa shape index (κ3) is 5.85. The number of nitro groups is 1. The van der Waals surface area contributed by atoms with Crippen LogP contribution < -0.4 is 10.1 Å². The molecule has 1 N–H and O–H groups in total. The van der Waals surface area contributed by atoms with Gasteiger partial charge in [-0.3, -0.25) is 14.9 Å². The number of hydrogen-bond donors (Lipinski definition) is 1. The van der Waals surface area contributed by atoms with E-state index in [2.05, 4.69) is 5.32 Å². The van der Waals surface area contributed by atoms with Crippen LogP contribution in [0.5, 0.6) is 5.75 Å². The summed E-state index contributed by atoms with van der Waals surface area (Å²) in [5.41, 5.74) is 1.14. The first kappa shape index (κ1) is 22.8. The van der Waals surface area contributed by atoms with Gasteiger partial charge in [-0.15, -0.1) is 0 Å². The maximum Gasteiger partial charge on any atom is 0.271 e. The largest absolute Gasteiger partial charge is 0.487 e. The Morgan fingerprint density at radius 1 is 1.09 bits per heavy atom. The number of benzene rings is 3. The summed E-state index contributed by atoms with van der Waals surface area (Å²) >= 11 is 12.4. The number of carbonyl (C=O) groups excluding carboxylic acids is 1. The van der Waals surface area contributed by atoms with Crippen molar-refractivity contribution in [1.29, 1.82) is 5.26 Å². The van der Waals surface area contributed by atoms with Crippen LogP contribution in [0.3, 0.4) is 0 Å². The lowest BCUT2D eigenvalue weighted by Gasteiger charge is -2.10. The van der Waals surface area contributed by atoms with Crippen molar-refractivity contribution in [3.8, 4) is 11.8 Å². The van der Waals surface area contributed by atoms with Crippen molar-refractivity contribution in [3.05, 3.63) is 104 Å². The van der Waals surface area contributed by atoms with Gasteiger partial charge >= 0.3 is 0 Å². The zero-order valence-corrected chi connectivity index (χ0v) is 17.9. The van der Waals surface area contributed by atoms with Gasteiger partial charge in [-0.25, -0.2) is 0 Å². The van der Waals surface area contributed by atoms with Gasteiger partial charge < -0.3 is 10.1 Å². The fraction of sp³-hybridized carbons (Fsp3) is 0.0435. The Hall–Kier alpha value is -3.86. The van der Waals surface area contributed by atoms with Crippen LogP contribution in [0, 0.1) is 21.4 Å². The van der Waals surface area contributed by atoms with Crippen LogP contribution in [0.2, 0.25) is 10.0 Å². The summed E-state index contributed by atoms with van der Waals surface area (Å²) in [6.45, 7) is 0.226. The van der Waals surface area contributed by atoms with Crippen molar-refractivity contribution < 1.29 is 14.5 Å². The topological polar surface area (TPSA) is 105 Å². The predicted molar refractivity (Wildman–Crippen MR) is 123 cm³/mol. The smallest absolute Gasteiger partial charge is 0.271 e. The summed E-state index contributed by atoms with van der Waals surface area (Å²) in [5.74, 6) is -0.286. The minimum atomic E-state index is -0.705. The first-order chi connectivity index (χ1) is 15.4. The number of non-ortho nitro benzene ring substituents is 1. The lowest BCUT2D eigenvalue weighted by molar-refractivity contribution is -0.384. The van der Waals surface area contributed by atoms with Crippen LogP contribution in [0.1, 0.15) is 11.1 Å². The average Bonchev–Trinajstić information content (AvgIpc) is 2.78. The highest BCUT2D eigenvalue weighted by molar-refractivity contribution is 6.32. The van der Waals surface area contributed by atoms with E-state index in [4.69, 9.17) is 27.9 Å². The molecule has 0 saturated carbocycles. The number of carbonyl (C=O) groups is 1. The van der Waals surface area contributed by atoms with Gasteiger partial charge in [0.25, 0.3) is 11.6 Å². The van der Waals surface area contributed by atoms with Crippen LogP contribution in [0.15, 0.2) is 72.3 Å². The van der Waals surface area contributed by atoms with E-state index in [0.717, 1.165) is 5.56 Å². The van der Waals surface area contributed by atoms with Crippen LogP contribution in [-0.2, 0) is 11.4 Å². The molecule has 1 amide bonds. The van der Waals surface area contributed by atoms with Gasteiger partial charge in [-0.05, 0) is 35.9 Å². The molecule has 0 bridgehead atoms. The predicted octanol–water partition coefficient (Wildman–Crippen LogP) is 6.03. The Labute approximate surface area is 193 Å². The molecule has 7 nitrogen and oxygen atoms in total. The number of nitrogens with one attached hydrogen (secondary N) is 1. The first-order valence-electron chi connectivity index (χ1n) is 9.20. The summed E-state index contributed by atoms with van der Waals surface area (Å²) in [4.78, 5) is 22.7. The summed E-state index contributed by atoms with van der Waals surface area (Å²) in [6.07, 6.45) is 1.36. The molecule has 0 spiro atoms. The van der Waals surface area contributed by atoms with E-state index in [1.54, 1.807) is 24.3 Å². The molecule has 9 heteroatoms. The molecule has 0 aliphatic rings. The molecule has 0 saturated heterocycles. The monoisotopic (exact) mass is 467 g/mol. The highest BCUT2D eigenvalue weighted by Crippen LogP contribution is 2.28. The molecule has 0 radical (unpaired) electrons. The Morgan fingerprint density at radius 3 is 2.56 bits per heavy atom. The van der Waals surface area contributed by atoms with Gasteiger partial charge in [-0.1, -0.05) is 53.5 Å². The van der Waals surface area contributed by atoms with Gasteiger partial charge in [0.1, 0.15) is 24.0 Å². The van der Waals surface area contributed by atoms with Crippen molar-refractivity contribution in [2.45, 2.75) is 6.61 Å². The van der Waals surface area contributed by atoms with E-state index in [0.29, 0.717) is 21.4 Å². The van der Waals surface area contributed by atoms with Gasteiger partial charge in [0, 0.05) is 28.4 Å². The third-order valence-corrected chi connectivity index (χ3v) is 4.95. The zero-order chi connectivity index (χ0) is 23.1. The van der Waals surface area contributed by atoms with Gasteiger partial charge in [0.2, 0.25) is 0 Å². The Kier molecular flexibility index (Phi) is 7.45. The average molecular weight is 468 g/mol. The van der Waals surface area contributed by atoms with E-state index in [1.165, 1.54) is 30.3 Å². The van der Waals surface area contributed by atoms with Gasteiger partial charge in [0.05, 0.1) is 9.95 Å². The number of nitrogens with zero attached hydrogens (tertiary/aromatic N) is 2. The molecule has 3 rings (SSSR count). The summed E-state index contributed by atoms with van der Waals surface area (Å²) in [5, 5.41) is 23.6. The van der Waals surface area contributed by atoms with Crippen molar-refractivity contribution in [2.24, 2.45) is 0 Å². The lowest BCUT2D eigenvalue weighted by Crippen LogP contribution is -2.13. The molecule has 0 aliphatic carbocycles. The number of amides is 1. The molecule has 3 aromatic rings. The fourth-order valence-electron chi connectivity index (χ4n) is 2.71. The minimum Gasteiger partial charge on any atom is -0.487 e. The number of anilines is 1. The van der Waals surface area contributed by atoms with E-state index in [9.17, 15) is 20.2 Å². The van der Waals surface area contributed by atoms with Crippen molar-refractivity contribution >= 4 is 46.6 Å². The zero-order valence-electron chi connectivity index (χ0n) is 16.4. The van der Waals surface area contributed by atoms with Gasteiger partial charge in [0.15, 0.2) is 0 Å². The van der Waals surface area contributed by atoms with E-state index < -0.39 is 10.8 Å². The Bertz CT molecular complexity index is 1250. The summed E-state index contributed by atoms with van der Waals surface area (Å²) in [7, 11) is 0. The SMILES string of the molecule is N#C/C(=C\c1ccc(OCc2ccccc2Cl)c(Cl)c1)C(=O)Nc1cccc([N+](=O)[O-])c1. The van der Waals surface area contributed by atoms with E-state index >= 15 is 0 Å². The molecule has 0 atom stereocenters. The molecule has 0 unspecified atom stereocenters. The second kappa shape index (κ2) is 10.4. The highest BCUT2D eigenvalue weighted by Gasteiger charge is 2.13. The number of nitriles is 1. The normalized spacial score (nSPS) is 10.8. The molecule has 160 valence electrons.